The molecule has 0 fully saturated rings. The maximum atomic E-state index is 5.28. The number of hydrogen-bond acceptors (Lipinski definition) is 1. The van der Waals surface area contributed by atoms with E-state index in [-0.39, 0.29) is 0 Å². The largest absolute Gasteiger partial charge is 0.372 e. The van der Waals surface area contributed by atoms with Crippen LogP contribution in [0.3, 0.4) is 0 Å². The van der Waals surface area contributed by atoms with E-state index in [0.29, 0.717) is 0 Å². The Kier molecular flexibility index (Phi) is 1.03. The molecule has 0 saturated carbocycles. The maximum absolute atomic E-state index is 5.28. The van der Waals surface area contributed by atoms with E-state index in [4.69, 9.17) is 4.74 Å². The summed E-state index contributed by atoms with van der Waals surface area (Å²) in [6, 6.07) is 8.45. The second-order valence-electron chi connectivity index (χ2n) is 2.31. The lowest BCUT2D eigenvalue weighted by Gasteiger charge is -1.92. The highest BCUT2D eigenvalue weighted by Crippen LogP contribution is 2.12. The number of benzene rings is 1. The van der Waals surface area contributed by atoms with Gasteiger partial charge < -0.3 is 4.74 Å². The lowest BCUT2D eigenvalue weighted by Crippen LogP contribution is -1.84. The summed E-state index contributed by atoms with van der Waals surface area (Å²) in [5, 5.41) is 0. The van der Waals surface area contributed by atoms with Crippen molar-refractivity contribution in [2.75, 3.05) is 0 Å². The van der Waals surface area contributed by atoms with Crippen molar-refractivity contribution >= 4 is 0 Å². The van der Waals surface area contributed by atoms with E-state index >= 15 is 0 Å². The fraction of sp³-hybridized carbons (Fsp3) is 0.250. The van der Waals surface area contributed by atoms with Crippen LogP contribution in [0.2, 0.25) is 0 Å². The third-order valence-corrected chi connectivity index (χ3v) is 1.56. The Labute approximate surface area is 54.3 Å². The van der Waals surface area contributed by atoms with E-state index in [9.17, 15) is 0 Å². The van der Waals surface area contributed by atoms with Crippen LogP contribution < -0.4 is 0 Å². The van der Waals surface area contributed by atoms with Gasteiger partial charge in [-0.05, 0) is 11.1 Å². The molecular formula is C8H8O. The van der Waals surface area contributed by atoms with Crippen molar-refractivity contribution in [1.29, 1.82) is 0 Å². The van der Waals surface area contributed by atoms with Gasteiger partial charge in [-0.2, -0.15) is 0 Å². The Morgan fingerprint density at radius 1 is 0.889 bits per heavy atom. The number of fused-ring (bicyclic) bond motifs is 4. The first-order chi connectivity index (χ1) is 4.45. The van der Waals surface area contributed by atoms with Crippen molar-refractivity contribution in [2.45, 2.75) is 13.2 Å². The third kappa shape index (κ3) is 0.836. The van der Waals surface area contributed by atoms with Crippen LogP contribution in [0.5, 0.6) is 0 Å². The normalized spacial score (nSPS) is 15.6. The molecule has 0 N–H and O–H groups in total. The van der Waals surface area contributed by atoms with Crippen molar-refractivity contribution in [3.63, 3.8) is 0 Å². The van der Waals surface area contributed by atoms with E-state index in [0.717, 1.165) is 13.2 Å². The maximum Gasteiger partial charge on any atom is 0.0721 e. The predicted molar refractivity (Wildman–Crippen MR) is 34.9 cm³/mol. The minimum absolute atomic E-state index is 0.774. The lowest BCUT2D eigenvalue weighted by atomic mass is 10.2. The summed E-state index contributed by atoms with van der Waals surface area (Å²) in [4.78, 5) is 0. The Balaban J connectivity index is 2.53. The van der Waals surface area contributed by atoms with E-state index in [1.54, 1.807) is 0 Å². The van der Waals surface area contributed by atoms with Gasteiger partial charge in [0.2, 0.25) is 0 Å². The molecule has 0 aromatic heterocycles. The molecule has 2 bridgehead atoms. The van der Waals surface area contributed by atoms with Gasteiger partial charge in [-0.1, -0.05) is 24.3 Å². The van der Waals surface area contributed by atoms with Crippen molar-refractivity contribution in [2.24, 2.45) is 0 Å². The highest BCUT2D eigenvalue weighted by molar-refractivity contribution is 5.22. The fourth-order valence-corrected chi connectivity index (χ4v) is 1.02. The van der Waals surface area contributed by atoms with Crippen molar-refractivity contribution in [1.82, 2.24) is 0 Å². The van der Waals surface area contributed by atoms with Crippen molar-refractivity contribution < 1.29 is 4.74 Å². The zero-order valence-corrected chi connectivity index (χ0v) is 5.13. The second-order valence-corrected chi connectivity index (χ2v) is 2.31. The van der Waals surface area contributed by atoms with Crippen LogP contribution in [0.25, 0.3) is 0 Å². The molecule has 0 unspecified atom stereocenters. The summed E-state index contributed by atoms with van der Waals surface area (Å²) >= 11 is 0. The smallest absolute Gasteiger partial charge is 0.0721 e. The molecule has 2 heterocycles. The summed E-state index contributed by atoms with van der Waals surface area (Å²) in [6.07, 6.45) is 0. The number of ether oxygens (including phenoxy) is 1. The summed E-state index contributed by atoms with van der Waals surface area (Å²) in [5.74, 6) is 0. The van der Waals surface area contributed by atoms with Gasteiger partial charge >= 0.3 is 0 Å². The molecule has 0 saturated heterocycles. The van der Waals surface area contributed by atoms with Gasteiger partial charge in [0.15, 0.2) is 0 Å². The average molecular weight is 120 g/mol. The zero-order chi connectivity index (χ0) is 6.10. The molecule has 2 aliphatic heterocycles. The van der Waals surface area contributed by atoms with Gasteiger partial charge in [0.25, 0.3) is 0 Å². The van der Waals surface area contributed by atoms with Crippen LogP contribution in [0, 0.1) is 0 Å². The van der Waals surface area contributed by atoms with Crippen LogP contribution >= 0.6 is 0 Å². The molecule has 1 aromatic rings. The van der Waals surface area contributed by atoms with Gasteiger partial charge in [-0.25, -0.2) is 0 Å². The van der Waals surface area contributed by atoms with Crippen molar-refractivity contribution in [3.8, 4) is 0 Å². The van der Waals surface area contributed by atoms with Crippen LogP contribution in [-0.2, 0) is 18.0 Å². The monoisotopic (exact) mass is 120 g/mol. The molecule has 1 aromatic carbocycles. The summed E-state index contributed by atoms with van der Waals surface area (Å²) in [7, 11) is 0. The first kappa shape index (κ1) is 5.00. The van der Waals surface area contributed by atoms with E-state index in [1.807, 2.05) is 0 Å². The summed E-state index contributed by atoms with van der Waals surface area (Å²) in [5.41, 5.74) is 2.55. The molecule has 2 aliphatic rings. The number of rotatable bonds is 0. The first-order valence-electron chi connectivity index (χ1n) is 3.11. The molecular weight excluding hydrogens is 112 g/mol. The highest BCUT2D eigenvalue weighted by Gasteiger charge is 2.00. The van der Waals surface area contributed by atoms with Crippen LogP contribution in [-0.4, -0.2) is 0 Å². The molecule has 0 atom stereocenters. The quantitative estimate of drug-likeness (QED) is 0.506. The van der Waals surface area contributed by atoms with Crippen LogP contribution in [0.4, 0.5) is 0 Å². The second kappa shape index (κ2) is 1.85. The topological polar surface area (TPSA) is 9.23 Å². The highest BCUT2D eigenvalue weighted by atomic mass is 16.5. The molecule has 1 nitrogen and oxygen atoms in total. The van der Waals surface area contributed by atoms with Crippen molar-refractivity contribution in [3.05, 3.63) is 35.4 Å². The molecule has 0 spiro atoms. The molecule has 3 rings (SSSR count). The Morgan fingerprint density at radius 3 is 1.78 bits per heavy atom. The molecule has 0 radical (unpaired) electrons. The number of hydrogen-bond donors (Lipinski definition) is 0. The van der Waals surface area contributed by atoms with Gasteiger partial charge in [0.1, 0.15) is 0 Å². The molecule has 1 heteroatoms. The molecule has 0 amide bonds. The predicted octanol–water partition coefficient (Wildman–Crippen LogP) is 1.72. The lowest BCUT2D eigenvalue weighted by molar-refractivity contribution is 0.111. The first-order valence-corrected chi connectivity index (χ1v) is 3.11. The van der Waals surface area contributed by atoms with Crippen LogP contribution in [0.15, 0.2) is 24.3 Å². The average Bonchev–Trinajstić information content (AvgIpc) is 2.21. The van der Waals surface area contributed by atoms with Gasteiger partial charge in [-0.15, -0.1) is 0 Å². The molecule has 46 valence electrons. The molecule has 9 heavy (non-hydrogen) atoms. The zero-order valence-electron chi connectivity index (χ0n) is 5.13. The Bertz CT molecular complexity index is 177. The summed E-state index contributed by atoms with van der Waals surface area (Å²) in [6.45, 7) is 1.55. The standard InChI is InChI=1S/C8H8O/c1-2-8-4-3-7(1)5-9-6-8/h1-4H,5-6H2. The van der Waals surface area contributed by atoms with E-state index in [1.165, 1.54) is 11.1 Å². The van der Waals surface area contributed by atoms with Gasteiger partial charge in [0.05, 0.1) is 13.2 Å². The molecule has 0 aliphatic carbocycles. The van der Waals surface area contributed by atoms with Gasteiger partial charge in [0, 0.05) is 0 Å². The van der Waals surface area contributed by atoms with E-state index < -0.39 is 0 Å². The fourth-order valence-electron chi connectivity index (χ4n) is 1.02. The minimum Gasteiger partial charge on any atom is -0.372 e. The SMILES string of the molecule is c1cc2ccc1COC2. The minimum atomic E-state index is 0.774. The third-order valence-electron chi connectivity index (χ3n) is 1.56. The Morgan fingerprint density at radius 2 is 1.33 bits per heavy atom. The van der Waals surface area contributed by atoms with Crippen LogP contribution in [0.1, 0.15) is 11.1 Å². The summed E-state index contributed by atoms with van der Waals surface area (Å²) < 4.78 is 5.28. The van der Waals surface area contributed by atoms with Gasteiger partial charge in [-0.3, -0.25) is 0 Å². The Hall–Kier alpha value is -0.820. The van der Waals surface area contributed by atoms with E-state index in [2.05, 4.69) is 24.3 Å².